The summed E-state index contributed by atoms with van der Waals surface area (Å²) in [6.07, 6.45) is 2.94. The van der Waals surface area contributed by atoms with E-state index >= 15 is 0 Å². The van der Waals surface area contributed by atoms with Gasteiger partial charge in [-0.05, 0) is 31.4 Å². The van der Waals surface area contributed by atoms with E-state index in [9.17, 15) is 5.11 Å². The van der Waals surface area contributed by atoms with Crippen LogP contribution in [0.1, 0.15) is 30.9 Å². The topological polar surface area (TPSA) is 32.7 Å². The van der Waals surface area contributed by atoms with Crippen LogP contribution in [0.15, 0.2) is 18.2 Å². The second kappa shape index (κ2) is 5.82. The molecular formula is C15H19Cl2NO2. The Labute approximate surface area is 129 Å². The number of aliphatic hydroxyl groups excluding tert-OH is 1. The van der Waals surface area contributed by atoms with Gasteiger partial charge in [0.25, 0.3) is 0 Å². The maximum Gasteiger partial charge on any atom is 0.0931 e. The molecular weight excluding hydrogens is 297 g/mol. The van der Waals surface area contributed by atoms with Crippen molar-refractivity contribution >= 4 is 23.2 Å². The summed E-state index contributed by atoms with van der Waals surface area (Å²) in [6.45, 7) is 3.12. The molecule has 1 aromatic carbocycles. The van der Waals surface area contributed by atoms with Crippen LogP contribution in [-0.2, 0) is 4.74 Å². The molecule has 3 nitrogen and oxygen atoms in total. The first-order valence-electron chi connectivity index (χ1n) is 7.07. The standard InChI is InChI=1S/C15H19Cl2NO2/c16-11-2-3-12(13(17)8-11)14(19)9-18-6-7-20-15(10-18)4-1-5-15/h2-3,8,14,19H,1,4-7,9-10H2. The molecule has 2 aliphatic rings. The van der Waals surface area contributed by atoms with Crippen LogP contribution >= 0.6 is 23.2 Å². The number of β-amino-alcohol motifs (C(OH)–C–C–N with tert-alkyl or cyclic N) is 1. The van der Waals surface area contributed by atoms with Gasteiger partial charge in [-0.2, -0.15) is 0 Å². The summed E-state index contributed by atoms with van der Waals surface area (Å²) in [5.74, 6) is 0. The number of halogens is 2. The van der Waals surface area contributed by atoms with Crippen molar-refractivity contribution in [2.75, 3.05) is 26.2 Å². The van der Waals surface area contributed by atoms with E-state index in [1.54, 1.807) is 18.2 Å². The van der Waals surface area contributed by atoms with E-state index < -0.39 is 6.10 Å². The molecule has 2 fully saturated rings. The van der Waals surface area contributed by atoms with Gasteiger partial charge in [-0.15, -0.1) is 0 Å². The van der Waals surface area contributed by atoms with Crippen molar-refractivity contribution in [3.05, 3.63) is 33.8 Å². The molecule has 1 spiro atoms. The summed E-state index contributed by atoms with van der Waals surface area (Å²) in [5, 5.41) is 11.5. The first kappa shape index (κ1) is 14.6. The lowest BCUT2D eigenvalue weighted by atomic mass is 9.79. The Morgan fingerprint density at radius 2 is 2.15 bits per heavy atom. The van der Waals surface area contributed by atoms with Gasteiger partial charge in [-0.1, -0.05) is 29.3 Å². The van der Waals surface area contributed by atoms with Gasteiger partial charge in [0.15, 0.2) is 0 Å². The third-order valence-corrected chi connectivity index (χ3v) is 4.91. The van der Waals surface area contributed by atoms with Crippen molar-refractivity contribution in [3.8, 4) is 0 Å². The van der Waals surface area contributed by atoms with E-state index in [-0.39, 0.29) is 5.60 Å². The number of morpholine rings is 1. The third-order valence-electron chi connectivity index (χ3n) is 4.34. The zero-order valence-electron chi connectivity index (χ0n) is 11.3. The quantitative estimate of drug-likeness (QED) is 0.929. The zero-order chi connectivity index (χ0) is 14.2. The molecule has 0 radical (unpaired) electrons. The Morgan fingerprint density at radius 1 is 1.35 bits per heavy atom. The Bertz CT molecular complexity index is 491. The molecule has 1 aromatic rings. The van der Waals surface area contributed by atoms with Crippen LogP contribution in [0.3, 0.4) is 0 Å². The van der Waals surface area contributed by atoms with Gasteiger partial charge >= 0.3 is 0 Å². The van der Waals surface area contributed by atoms with E-state index in [1.165, 1.54) is 6.42 Å². The van der Waals surface area contributed by atoms with Crippen molar-refractivity contribution in [3.63, 3.8) is 0 Å². The Kier molecular flexibility index (Phi) is 4.25. The molecule has 1 N–H and O–H groups in total. The van der Waals surface area contributed by atoms with Crippen LogP contribution in [0.2, 0.25) is 10.0 Å². The van der Waals surface area contributed by atoms with Crippen molar-refractivity contribution < 1.29 is 9.84 Å². The molecule has 0 aromatic heterocycles. The van der Waals surface area contributed by atoms with Crippen LogP contribution in [-0.4, -0.2) is 41.8 Å². The highest BCUT2D eigenvalue weighted by Gasteiger charge is 2.42. The molecule has 1 aliphatic heterocycles. The van der Waals surface area contributed by atoms with Crippen molar-refractivity contribution in [1.29, 1.82) is 0 Å². The lowest BCUT2D eigenvalue weighted by Gasteiger charge is -2.48. The first-order valence-corrected chi connectivity index (χ1v) is 7.83. The van der Waals surface area contributed by atoms with Crippen LogP contribution < -0.4 is 0 Å². The molecule has 20 heavy (non-hydrogen) atoms. The van der Waals surface area contributed by atoms with Crippen molar-refractivity contribution in [2.24, 2.45) is 0 Å². The van der Waals surface area contributed by atoms with Gasteiger partial charge < -0.3 is 9.84 Å². The summed E-state index contributed by atoms with van der Waals surface area (Å²) in [4.78, 5) is 2.28. The minimum Gasteiger partial charge on any atom is -0.387 e. The normalized spacial score (nSPS) is 23.6. The monoisotopic (exact) mass is 315 g/mol. The molecule has 3 rings (SSSR count). The summed E-state index contributed by atoms with van der Waals surface area (Å²) in [6, 6.07) is 5.24. The summed E-state index contributed by atoms with van der Waals surface area (Å²) >= 11 is 12.0. The Hall–Kier alpha value is -0.320. The van der Waals surface area contributed by atoms with E-state index in [0.29, 0.717) is 16.6 Å². The number of hydrogen-bond donors (Lipinski definition) is 1. The fourth-order valence-corrected chi connectivity index (χ4v) is 3.60. The van der Waals surface area contributed by atoms with Gasteiger partial charge in [-0.3, -0.25) is 4.90 Å². The van der Waals surface area contributed by atoms with E-state index in [0.717, 1.165) is 38.1 Å². The molecule has 1 unspecified atom stereocenters. The van der Waals surface area contributed by atoms with Crippen LogP contribution in [0.25, 0.3) is 0 Å². The second-order valence-electron chi connectivity index (χ2n) is 5.80. The van der Waals surface area contributed by atoms with E-state index in [1.807, 2.05) is 0 Å². The minimum absolute atomic E-state index is 0.0573. The molecule has 1 aliphatic carbocycles. The van der Waals surface area contributed by atoms with Crippen LogP contribution in [0, 0.1) is 0 Å². The lowest BCUT2D eigenvalue weighted by molar-refractivity contribution is -0.155. The number of benzene rings is 1. The average Bonchev–Trinajstić information content (AvgIpc) is 2.37. The molecule has 0 bridgehead atoms. The van der Waals surface area contributed by atoms with Crippen molar-refractivity contribution in [1.82, 2.24) is 4.90 Å². The molecule has 5 heteroatoms. The summed E-state index contributed by atoms with van der Waals surface area (Å²) < 4.78 is 5.89. The van der Waals surface area contributed by atoms with Crippen molar-refractivity contribution in [2.45, 2.75) is 31.0 Å². The molecule has 1 saturated carbocycles. The van der Waals surface area contributed by atoms with Gasteiger partial charge in [0.2, 0.25) is 0 Å². The Balaban J connectivity index is 1.64. The minimum atomic E-state index is -0.588. The summed E-state index contributed by atoms with van der Waals surface area (Å²) in [7, 11) is 0. The largest absolute Gasteiger partial charge is 0.387 e. The first-order chi connectivity index (χ1) is 9.58. The van der Waals surface area contributed by atoms with E-state index in [2.05, 4.69) is 4.90 Å². The maximum absolute atomic E-state index is 10.4. The molecule has 1 atom stereocenters. The zero-order valence-corrected chi connectivity index (χ0v) is 12.8. The number of rotatable bonds is 3. The van der Waals surface area contributed by atoms with Gasteiger partial charge in [-0.25, -0.2) is 0 Å². The fraction of sp³-hybridized carbons (Fsp3) is 0.600. The number of ether oxygens (including phenoxy) is 1. The van der Waals surface area contributed by atoms with Gasteiger partial charge in [0.1, 0.15) is 0 Å². The fourth-order valence-electron chi connectivity index (χ4n) is 3.07. The molecule has 1 heterocycles. The molecule has 1 saturated heterocycles. The van der Waals surface area contributed by atoms with Crippen LogP contribution in [0.5, 0.6) is 0 Å². The Morgan fingerprint density at radius 3 is 2.80 bits per heavy atom. The number of hydrogen-bond acceptors (Lipinski definition) is 3. The van der Waals surface area contributed by atoms with Crippen LogP contribution in [0.4, 0.5) is 0 Å². The highest BCUT2D eigenvalue weighted by molar-refractivity contribution is 6.35. The molecule has 110 valence electrons. The number of nitrogens with zero attached hydrogens (tertiary/aromatic N) is 1. The maximum atomic E-state index is 10.4. The number of aliphatic hydroxyl groups is 1. The van der Waals surface area contributed by atoms with E-state index in [4.69, 9.17) is 27.9 Å². The third kappa shape index (κ3) is 2.97. The predicted octanol–water partition coefficient (Wildman–Crippen LogP) is 3.28. The SMILES string of the molecule is OC(CN1CCOC2(CCC2)C1)c1ccc(Cl)cc1Cl. The average molecular weight is 316 g/mol. The smallest absolute Gasteiger partial charge is 0.0931 e. The summed E-state index contributed by atoms with van der Waals surface area (Å²) in [5.41, 5.74) is 0.798. The second-order valence-corrected chi connectivity index (χ2v) is 6.65. The highest BCUT2D eigenvalue weighted by Crippen LogP contribution is 2.38. The molecule has 0 amide bonds. The highest BCUT2D eigenvalue weighted by atomic mass is 35.5. The lowest BCUT2D eigenvalue weighted by Crippen LogP contribution is -2.56. The van der Waals surface area contributed by atoms with Gasteiger partial charge in [0.05, 0.1) is 18.3 Å². The van der Waals surface area contributed by atoms with Gasteiger partial charge in [0, 0.05) is 35.2 Å². The predicted molar refractivity (Wildman–Crippen MR) is 80.4 cm³/mol.